The molecule has 0 saturated heterocycles. The van der Waals surface area contributed by atoms with Crippen LogP contribution in [0.2, 0.25) is 5.02 Å². The molecule has 1 aromatic rings. The maximum atomic E-state index is 11.9. The molecule has 1 aromatic carbocycles. The van der Waals surface area contributed by atoms with Crippen molar-refractivity contribution in [1.29, 1.82) is 0 Å². The number of hydrogen-bond donors (Lipinski definition) is 1. The van der Waals surface area contributed by atoms with Gasteiger partial charge >= 0.3 is 0 Å². The van der Waals surface area contributed by atoms with Crippen LogP contribution in [0.15, 0.2) is 24.3 Å². The lowest BCUT2D eigenvalue weighted by Crippen LogP contribution is -2.31. The van der Waals surface area contributed by atoms with Crippen molar-refractivity contribution in [2.75, 3.05) is 6.54 Å². The summed E-state index contributed by atoms with van der Waals surface area (Å²) in [4.78, 5) is 11.9. The molecule has 0 aliphatic heterocycles. The lowest BCUT2D eigenvalue weighted by atomic mass is 9.91. The molecule has 0 fully saturated rings. The van der Waals surface area contributed by atoms with Gasteiger partial charge in [0.25, 0.3) is 5.91 Å². The summed E-state index contributed by atoms with van der Waals surface area (Å²) in [6.07, 6.45) is 2.30. The van der Waals surface area contributed by atoms with Crippen LogP contribution in [0.5, 0.6) is 0 Å². The van der Waals surface area contributed by atoms with Crippen molar-refractivity contribution in [3.63, 3.8) is 0 Å². The Morgan fingerprint density at radius 1 is 1.28 bits per heavy atom. The Morgan fingerprint density at radius 3 is 2.39 bits per heavy atom. The van der Waals surface area contributed by atoms with Crippen LogP contribution >= 0.6 is 11.6 Å². The van der Waals surface area contributed by atoms with Gasteiger partial charge in [0, 0.05) is 17.1 Å². The van der Waals surface area contributed by atoms with E-state index in [0.29, 0.717) is 22.4 Å². The first kappa shape index (κ1) is 15.0. The Hall–Kier alpha value is -1.02. The Balaban J connectivity index is 2.51. The molecular weight excluding hydrogens is 246 g/mol. The maximum Gasteiger partial charge on any atom is 0.251 e. The number of nitrogens with one attached hydrogen (secondary N) is 1. The standard InChI is InChI=1S/C15H22ClNO/c1-4-5-13(11(2)3)10-17-15(18)12-6-8-14(16)9-7-12/h6-9,11,13H,4-5,10H2,1-3H3,(H,17,18). The van der Waals surface area contributed by atoms with Gasteiger partial charge in [0.1, 0.15) is 0 Å². The van der Waals surface area contributed by atoms with Gasteiger partial charge in [-0.1, -0.05) is 38.8 Å². The lowest BCUT2D eigenvalue weighted by Gasteiger charge is -2.20. The molecule has 2 nitrogen and oxygen atoms in total. The number of carbonyl (C=O) groups excluding carboxylic acids is 1. The summed E-state index contributed by atoms with van der Waals surface area (Å²) >= 11 is 5.79. The highest BCUT2D eigenvalue weighted by Crippen LogP contribution is 2.16. The van der Waals surface area contributed by atoms with E-state index < -0.39 is 0 Å². The highest BCUT2D eigenvalue weighted by atomic mass is 35.5. The maximum absolute atomic E-state index is 11.9. The fraction of sp³-hybridized carbons (Fsp3) is 0.533. The van der Waals surface area contributed by atoms with Crippen molar-refractivity contribution >= 4 is 17.5 Å². The Morgan fingerprint density at radius 2 is 1.89 bits per heavy atom. The van der Waals surface area contributed by atoms with Gasteiger partial charge < -0.3 is 5.32 Å². The second-order valence-electron chi connectivity index (χ2n) is 5.01. The SMILES string of the molecule is CCCC(CNC(=O)c1ccc(Cl)cc1)C(C)C. The summed E-state index contributed by atoms with van der Waals surface area (Å²) in [6.45, 7) is 7.33. The minimum atomic E-state index is -0.0200. The van der Waals surface area contributed by atoms with Gasteiger partial charge in [0.2, 0.25) is 0 Å². The molecule has 1 unspecified atom stereocenters. The molecule has 1 atom stereocenters. The largest absolute Gasteiger partial charge is 0.352 e. The van der Waals surface area contributed by atoms with Crippen LogP contribution in [0.25, 0.3) is 0 Å². The molecule has 0 heterocycles. The van der Waals surface area contributed by atoms with Crippen LogP contribution in [0.4, 0.5) is 0 Å². The molecule has 100 valence electrons. The van der Waals surface area contributed by atoms with Crippen LogP contribution in [0, 0.1) is 11.8 Å². The molecule has 0 aromatic heterocycles. The number of rotatable bonds is 6. The van der Waals surface area contributed by atoms with E-state index in [2.05, 4.69) is 26.1 Å². The summed E-state index contributed by atoms with van der Waals surface area (Å²) in [5, 5.41) is 3.65. The van der Waals surface area contributed by atoms with E-state index in [0.717, 1.165) is 19.4 Å². The van der Waals surface area contributed by atoms with Crippen LogP contribution < -0.4 is 5.32 Å². The predicted molar refractivity (Wildman–Crippen MR) is 77.0 cm³/mol. The molecule has 0 spiro atoms. The molecule has 1 rings (SSSR count). The van der Waals surface area contributed by atoms with Gasteiger partial charge in [-0.05, 0) is 42.5 Å². The molecule has 0 bridgehead atoms. The van der Waals surface area contributed by atoms with E-state index in [9.17, 15) is 4.79 Å². The molecule has 1 amide bonds. The van der Waals surface area contributed by atoms with E-state index in [4.69, 9.17) is 11.6 Å². The summed E-state index contributed by atoms with van der Waals surface area (Å²) in [7, 11) is 0. The zero-order chi connectivity index (χ0) is 13.5. The Bertz CT molecular complexity index is 373. The monoisotopic (exact) mass is 267 g/mol. The normalized spacial score (nSPS) is 12.5. The Labute approximate surface area is 115 Å². The fourth-order valence-corrected chi connectivity index (χ4v) is 2.09. The van der Waals surface area contributed by atoms with Crippen molar-refractivity contribution in [2.45, 2.75) is 33.6 Å². The first-order chi connectivity index (χ1) is 8.54. The Kier molecular flexibility index (Phi) is 6.20. The van der Waals surface area contributed by atoms with Crippen molar-refractivity contribution in [3.8, 4) is 0 Å². The number of hydrogen-bond acceptors (Lipinski definition) is 1. The van der Waals surface area contributed by atoms with E-state index in [-0.39, 0.29) is 5.91 Å². The smallest absolute Gasteiger partial charge is 0.251 e. The molecule has 0 radical (unpaired) electrons. The van der Waals surface area contributed by atoms with Gasteiger partial charge in [-0.25, -0.2) is 0 Å². The zero-order valence-corrected chi connectivity index (χ0v) is 12.1. The quantitative estimate of drug-likeness (QED) is 0.825. The highest BCUT2D eigenvalue weighted by molar-refractivity contribution is 6.30. The van der Waals surface area contributed by atoms with Crippen molar-refractivity contribution in [3.05, 3.63) is 34.9 Å². The van der Waals surface area contributed by atoms with Crippen molar-refractivity contribution in [1.82, 2.24) is 5.32 Å². The number of benzene rings is 1. The number of halogens is 1. The van der Waals surface area contributed by atoms with Gasteiger partial charge in [0.05, 0.1) is 0 Å². The summed E-state index contributed by atoms with van der Waals surface area (Å²) in [5.41, 5.74) is 0.665. The minimum absolute atomic E-state index is 0.0200. The lowest BCUT2D eigenvalue weighted by molar-refractivity contribution is 0.0942. The molecule has 0 aliphatic rings. The van der Waals surface area contributed by atoms with Gasteiger partial charge in [-0.3, -0.25) is 4.79 Å². The van der Waals surface area contributed by atoms with Crippen LogP contribution in [0.1, 0.15) is 44.0 Å². The average Bonchev–Trinajstić information content (AvgIpc) is 2.34. The molecule has 18 heavy (non-hydrogen) atoms. The molecule has 3 heteroatoms. The van der Waals surface area contributed by atoms with E-state index in [1.807, 2.05) is 0 Å². The van der Waals surface area contributed by atoms with E-state index >= 15 is 0 Å². The van der Waals surface area contributed by atoms with Crippen LogP contribution in [-0.2, 0) is 0 Å². The first-order valence-corrected chi connectivity index (χ1v) is 6.96. The minimum Gasteiger partial charge on any atom is -0.352 e. The van der Waals surface area contributed by atoms with Crippen LogP contribution in [-0.4, -0.2) is 12.5 Å². The van der Waals surface area contributed by atoms with E-state index in [1.165, 1.54) is 0 Å². The second-order valence-corrected chi connectivity index (χ2v) is 5.45. The van der Waals surface area contributed by atoms with E-state index in [1.54, 1.807) is 24.3 Å². The van der Waals surface area contributed by atoms with Gasteiger partial charge in [-0.15, -0.1) is 0 Å². The molecule has 0 aliphatic carbocycles. The molecular formula is C15H22ClNO. The predicted octanol–water partition coefficient (Wildman–Crippen LogP) is 4.14. The summed E-state index contributed by atoms with van der Waals surface area (Å²) < 4.78 is 0. The second kappa shape index (κ2) is 7.42. The van der Waals surface area contributed by atoms with Crippen LogP contribution in [0.3, 0.4) is 0 Å². The van der Waals surface area contributed by atoms with Crippen molar-refractivity contribution in [2.24, 2.45) is 11.8 Å². The summed E-state index contributed by atoms with van der Waals surface area (Å²) in [5.74, 6) is 1.12. The zero-order valence-electron chi connectivity index (χ0n) is 11.4. The fourth-order valence-electron chi connectivity index (χ4n) is 1.97. The third-order valence-electron chi connectivity index (χ3n) is 3.23. The number of carbonyl (C=O) groups is 1. The highest BCUT2D eigenvalue weighted by Gasteiger charge is 2.14. The van der Waals surface area contributed by atoms with Crippen molar-refractivity contribution < 1.29 is 4.79 Å². The van der Waals surface area contributed by atoms with Gasteiger partial charge in [-0.2, -0.15) is 0 Å². The average molecular weight is 268 g/mol. The number of amides is 1. The summed E-state index contributed by atoms with van der Waals surface area (Å²) in [6, 6.07) is 6.98. The van der Waals surface area contributed by atoms with Gasteiger partial charge in [0.15, 0.2) is 0 Å². The first-order valence-electron chi connectivity index (χ1n) is 6.58. The molecule has 0 saturated carbocycles. The third kappa shape index (κ3) is 4.69. The molecule has 1 N–H and O–H groups in total. The third-order valence-corrected chi connectivity index (χ3v) is 3.49. The topological polar surface area (TPSA) is 29.1 Å².